The molecule has 2 fully saturated rings. The summed E-state index contributed by atoms with van der Waals surface area (Å²) in [7, 11) is 0. The highest BCUT2D eigenvalue weighted by atomic mass is 16.4. The quantitative estimate of drug-likeness (QED) is 0.767. The predicted molar refractivity (Wildman–Crippen MR) is 77.1 cm³/mol. The van der Waals surface area contributed by atoms with E-state index in [1.807, 2.05) is 0 Å². The van der Waals surface area contributed by atoms with Crippen molar-refractivity contribution >= 4 is 5.97 Å². The Morgan fingerprint density at radius 3 is 2.47 bits per heavy atom. The fourth-order valence-electron chi connectivity index (χ4n) is 3.64. The summed E-state index contributed by atoms with van der Waals surface area (Å²) in [4.78, 5) is 10.9. The van der Waals surface area contributed by atoms with Crippen molar-refractivity contribution in [1.29, 1.82) is 0 Å². The van der Waals surface area contributed by atoms with Crippen LogP contribution in [0.5, 0.6) is 0 Å². The Bertz CT molecular complexity index is 284. The van der Waals surface area contributed by atoms with Crippen LogP contribution in [-0.4, -0.2) is 23.7 Å². The Labute approximate surface area is 117 Å². The molecule has 0 amide bonds. The maximum Gasteiger partial charge on any atom is 0.306 e. The van der Waals surface area contributed by atoms with Crippen LogP contribution in [0.2, 0.25) is 0 Å². The molecule has 0 aromatic carbocycles. The number of hydrogen-bond acceptors (Lipinski definition) is 2. The summed E-state index contributed by atoms with van der Waals surface area (Å²) >= 11 is 0. The molecular weight excluding hydrogens is 238 g/mol. The van der Waals surface area contributed by atoms with Gasteiger partial charge in [-0.3, -0.25) is 4.79 Å². The topological polar surface area (TPSA) is 49.3 Å². The van der Waals surface area contributed by atoms with Gasteiger partial charge in [0.05, 0.1) is 5.92 Å². The van der Waals surface area contributed by atoms with Crippen molar-refractivity contribution in [2.75, 3.05) is 6.54 Å². The minimum absolute atomic E-state index is 0.0741. The number of nitrogens with one attached hydrogen (secondary N) is 1. The maximum absolute atomic E-state index is 10.9. The van der Waals surface area contributed by atoms with Crippen LogP contribution in [0.15, 0.2) is 0 Å². The molecule has 0 bridgehead atoms. The third-order valence-corrected chi connectivity index (χ3v) is 5.15. The van der Waals surface area contributed by atoms with E-state index < -0.39 is 5.97 Å². The van der Waals surface area contributed by atoms with Gasteiger partial charge in [-0.25, -0.2) is 0 Å². The van der Waals surface area contributed by atoms with E-state index in [-0.39, 0.29) is 5.92 Å². The molecule has 0 heterocycles. The SMILES string of the molecule is CC1CCCC(NCC2CCC(C(=O)O)CC2)CC1. The molecule has 2 saturated carbocycles. The molecule has 0 radical (unpaired) electrons. The first kappa shape index (κ1) is 14.8. The molecule has 2 N–H and O–H groups in total. The first-order valence-electron chi connectivity index (χ1n) is 8.11. The van der Waals surface area contributed by atoms with Gasteiger partial charge in [-0.2, -0.15) is 0 Å². The molecule has 2 atom stereocenters. The zero-order valence-corrected chi connectivity index (χ0v) is 12.2. The summed E-state index contributed by atoms with van der Waals surface area (Å²) in [6.07, 6.45) is 10.7. The van der Waals surface area contributed by atoms with Gasteiger partial charge >= 0.3 is 5.97 Å². The summed E-state index contributed by atoms with van der Waals surface area (Å²) in [6, 6.07) is 0.710. The minimum atomic E-state index is -0.593. The van der Waals surface area contributed by atoms with E-state index in [1.165, 1.54) is 32.1 Å². The van der Waals surface area contributed by atoms with E-state index in [9.17, 15) is 4.79 Å². The number of carboxylic acid groups (broad SMARTS) is 1. The van der Waals surface area contributed by atoms with E-state index in [0.717, 1.165) is 38.1 Å². The molecule has 0 saturated heterocycles. The fraction of sp³-hybridized carbons (Fsp3) is 0.938. The van der Waals surface area contributed by atoms with Gasteiger partial charge in [-0.1, -0.05) is 19.8 Å². The van der Waals surface area contributed by atoms with Gasteiger partial charge < -0.3 is 10.4 Å². The maximum atomic E-state index is 10.9. The fourth-order valence-corrected chi connectivity index (χ4v) is 3.64. The van der Waals surface area contributed by atoms with E-state index in [4.69, 9.17) is 5.11 Å². The van der Waals surface area contributed by atoms with E-state index in [0.29, 0.717) is 12.0 Å². The third kappa shape index (κ3) is 4.79. The van der Waals surface area contributed by atoms with Crippen LogP contribution >= 0.6 is 0 Å². The summed E-state index contributed by atoms with van der Waals surface area (Å²) < 4.78 is 0. The van der Waals surface area contributed by atoms with Crippen LogP contribution in [0.1, 0.15) is 64.7 Å². The number of hydrogen-bond donors (Lipinski definition) is 2. The molecule has 2 rings (SSSR count). The standard InChI is InChI=1S/C16H29NO2/c1-12-3-2-4-15(10-5-12)17-11-13-6-8-14(9-7-13)16(18)19/h12-15,17H,2-11H2,1H3,(H,18,19). The predicted octanol–water partition coefficient (Wildman–Crippen LogP) is 3.44. The second kappa shape index (κ2) is 7.28. The molecule has 2 unspecified atom stereocenters. The molecule has 2 aliphatic rings. The summed E-state index contributed by atoms with van der Waals surface area (Å²) in [5.74, 6) is 0.938. The molecular formula is C16H29NO2. The van der Waals surface area contributed by atoms with Gasteiger partial charge in [0, 0.05) is 6.04 Å². The largest absolute Gasteiger partial charge is 0.481 e. The van der Waals surface area contributed by atoms with Crippen molar-refractivity contribution in [1.82, 2.24) is 5.32 Å². The van der Waals surface area contributed by atoms with Gasteiger partial charge in [0.2, 0.25) is 0 Å². The smallest absolute Gasteiger partial charge is 0.306 e. The Morgan fingerprint density at radius 2 is 1.79 bits per heavy atom. The van der Waals surface area contributed by atoms with Gasteiger partial charge in [0.15, 0.2) is 0 Å². The third-order valence-electron chi connectivity index (χ3n) is 5.15. The van der Waals surface area contributed by atoms with Crippen LogP contribution in [0, 0.1) is 17.8 Å². The lowest BCUT2D eigenvalue weighted by molar-refractivity contribution is -0.143. The number of aliphatic carboxylic acids is 1. The average Bonchev–Trinajstić information content (AvgIpc) is 2.61. The zero-order chi connectivity index (χ0) is 13.7. The molecule has 110 valence electrons. The van der Waals surface area contributed by atoms with Crippen molar-refractivity contribution < 1.29 is 9.90 Å². The van der Waals surface area contributed by atoms with Gasteiger partial charge in [-0.15, -0.1) is 0 Å². The Morgan fingerprint density at radius 1 is 1.05 bits per heavy atom. The average molecular weight is 267 g/mol. The molecule has 19 heavy (non-hydrogen) atoms. The zero-order valence-electron chi connectivity index (χ0n) is 12.2. The first-order valence-corrected chi connectivity index (χ1v) is 8.11. The van der Waals surface area contributed by atoms with Crippen molar-refractivity contribution in [3.63, 3.8) is 0 Å². The highest BCUT2D eigenvalue weighted by molar-refractivity contribution is 5.69. The minimum Gasteiger partial charge on any atom is -0.481 e. The second-order valence-corrected chi connectivity index (χ2v) is 6.77. The Hall–Kier alpha value is -0.570. The highest BCUT2D eigenvalue weighted by Crippen LogP contribution is 2.29. The molecule has 0 aromatic heterocycles. The normalized spacial score (nSPS) is 36.7. The molecule has 3 heteroatoms. The van der Waals surface area contributed by atoms with Crippen molar-refractivity contribution in [2.45, 2.75) is 70.8 Å². The van der Waals surface area contributed by atoms with Crippen molar-refractivity contribution in [3.8, 4) is 0 Å². The molecule has 0 aliphatic heterocycles. The van der Waals surface area contributed by atoms with Crippen LogP contribution in [0.4, 0.5) is 0 Å². The molecule has 0 spiro atoms. The molecule has 0 aromatic rings. The first-order chi connectivity index (χ1) is 9.15. The lowest BCUT2D eigenvalue weighted by Gasteiger charge is -2.28. The molecule has 3 nitrogen and oxygen atoms in total. The van der Waals surface area contributed by atoms with Crippen LogP contribution in [-0.2, 0) is 4.79 Å². The van der Waals surface area contributed by atoms with E-state index in [1.54, 1.807) is 0 Å². The Balaban J connectivity index is 1.64. The summed E-state index contributed by atoms with van der Waals surface area (Å²) in [5.41, 5.74) is 0. The summed E-state index contributed by atoms with van der Waals surface area (Å²) in [6.45, 7) is 3.47. The Kier molecular flexibility index (Phi) is 5.68. The van der Waals surface area contributed by atoms with Gasteiger partial charge in [0.25, 0.3) is 0 Å². The van der Waals surface area contributed by atoms with Crippen molar-refractivity contribution in [2.24, 2.45) is 17.8 Å². The van der Waals surface area contributed by atoms with Gasteiger partial charge in [0.1, 0.15) is 0 Å². The van der Waals surface area contributed by atoms with Crippen LogP contribution in [0.3, 0.4) is 0 Å². The number of carboxylic acids is 1. The van der Waals surface area contributed by atoms with Gasteiger partial charge in [-0.05, 0) is 63.3 Å². The number of rotatable bonds is 4. The summed E-state index contributed by atoms with van der Waals surface area (Å²) in [5, 5.41) is 12.7. The van der Waals surface area contributed by atoms with Crippen molar-refractivity contribution in [3.05, 3.63) is 0 Å². The lowest BCUT2D eigenvalue weighted by atomic mass is 9.82. The highest BCUT2D eigenvalue weighted by Gasteiger charge is 2.26. The van der Waals surface area contributed by atoms with Crippen LogP contribution < -0.4 is 5.32 Å². The number of carbonyl (C=O) groups is 1. The van der Waals surface area contributed by atoms with Crippen LogP contribution in [0.25, 0.3) is 0 Å². The monoisotopic (exact) mass is 267 g/mol. The lowest BCUT2D eigenvalue weighted by Crippen LogP contribution is -2.35. The van der Waals surface area contributed by atoms with E-state index in [2.05, 4.69) is 12.2 Å². The second-order valence-electron chi connectivity index (χ2n) is 6.77. The molecule has 2 aliphatic carbocycles. The van der Waals surface area contributed by atoms with E-state index >= 15 is 0 Å².